The molecule has 0 saturated heterocycles. The van der Waals surface area contributed by atoms with Gasteiger partial charge < -0.3 is 4.98 Å². The van der Waals surface area contributed by atoms with Gasteiger partial charge in [-0.3, -0.25) is 13.9 Å². The lowest BCUT2D eigenvalue weighted by atomic mass is 10.1. The van der Waals surface area contributed by atoms with Crippen molar-refractivity contribution < 1.29 is 0 Å². The highest BCUT2D eigenvalue weighted by molar-refractivity contribution is 5.69. The number of rotatable bonds is 10. The van der Waals surface area contributed by atoms with E-state index in [-0.39, 0.29) is 11.2 Å². The number of nitrogens with zero attached hydrogens (tertiary/aromatic N) is 3. The van der Waals surface area contributed by atoms with Crippen molar-refractivity contribution in [2.24, 2.45) is 14.1 Å². The Balaban J connectivity index is 1.82. The number of H-pyrrole nitrogens is 1. The normalized spacial score (nSPS) is 11.5. The van der Waals surface area contributed by atoms with Crippen LogP contribution >= 0.6 is 0 Å². The second-order valence-corrected chi connectivity index (χ2v) is 6.67. The molecule has 2 aromatic heterocycles. The first kappa shape index (κ1) is 18.5. The maximum absolute atomic E-state index is 12.1. The molecule has 0 radical (unpaired) electrons. The summed E-state index contributed by atoms with van der Waals surface area (Å²) in [5.74, 6) is 0.797. The second-order valence-electron chi connectivity index (χ2n) is 6.67. The maximum Gasteiger partial charge on any atom is 0.332 e. The molecule has 1 N–H and O–H groups in total. The van der Waals surface area contributed by atoms with Gasteiger partial charge >= 0.3 is 5.69 Å². The van der Waals surface area contributed by atoms with Crippen LogP contribution in [0.1, 0.15) is 70.5 Å². The summed E-state index contributed by atoms with van der Waals surface area (Å²) in [5, 5.41) is 0. The molecule has 6 heteroatoms. The van der Waals surface area contributed by atoms with E-state index >= 15 is 0 Å². The lowest BCUT2D eigenvalue weighted by molar-refractivity contribution is 0.562. The van der Waals surface area contributed by atoms with Crippen LogP contribution in [0.15, 0.2) is 9.59 Å². The van der Waals surface area contributed by atoms with Crippen LogP contribution in [0, 0.1) is 0 Å². The van der Waals surface area contributed by atoms with E-state index in [0.29, 0.717) is 11.2 Å². The predicted molar refractivity (Wildman–Crippen MR) is 97.5 cm³/mol. The van der Waals surface area contributed by atoms with E-state index < -0.39 is 0 Å². The maximum atomic E-state index is 12.1. The van der Waals surface area contributed by atoms with Gasteiger partial charge in [0, 0.05) is 20.5 Å². The topological polar surface area (TPSA) is 72.7 Å². The van der Waals surface area contributed by atoms with Crippen LogP contribution in [0.2, 0.25) is 0 Å². The molecule has 134 valence electrons. The van der Waals surface area contributed by atoms with Crippen LogP contribution in [-0.2, 0) is 20.5 Å². The first-order valence-electron chi connectivity index (χ1n) is 9.20. The van der Waals surface area contributed by atoms with Crippen LogP contribution in [-0.4, -0.2) is 19.1 Å². The number of aryl methyl sites for hydroxylation is 2. The zero-order valence-corrected chi connectivity index (χ0v) is 15.2. The highest BCUT2D eigenvalue weighted by atomic mass is 16.2. The zero-order valence-electron chi connectivity index (χ0n) is 15.2. The van der Waals surface area contributed by atoms with Crippen LogP contribution in [0.4, 0.5) is 0 Å². The number of hydrogen-bond donors (Lipinski definition) is 1. The van der Waals surface area contributed by atoms with Crippen LogP contribution in [0.3, 0.4) is 0 Å². The Hall–Kier alpha value is -1.85. The summed E-state index contributed by atoms with van der Waals surface area (Å²) in [6.07, 6.45) is 12.3. The van der Waals surface area contributed by atoms with Crippen molar-refractivity contribution in [3.8, 4) is 0 Å². The molecule has 0 bridgehead atoms. The van der Waals surface area contributed by atoms with Crippen LogP contribution < -0.4 is 11.2 Å². The van der Waals surface area contributed by atoms with Crippen molar-refractivity contribution in [2.75, 3.05) is 0 Å². The monoisotopic (exact) mass is 334 g/mol. The molecule has 0 aliphatic carbocycles. The summed E-state index contributed by atoms with van der Waals surface area (Å²) >= 11 is 0. The lowest BCUT2D eigenvalue weighted by Gasteiger charge is -2.01. The third-order valence-electron chi connectivity index (χ3n) is 4.66. The Morgan fingerprint density at radius 3 is 2.08 bits per heavy atom. The summed E-state index contributed by atoms with van der Waals surface area (Å²) in [5.41, 5.74) is 0.229. The quantitative estimate of drug-likeness (QED) is 0.679. The summed E-state index contributed by atoms with van der Waals surface area (Å²) in [6.45, 7) is 2.24. The number of aromatic nitrogens is 4. The first-order valence-corrected chi connectivity index (χ1v) is 9.20. The zero-order chi connectivity index (χ0) is 17.5. The van der Waals surface area contributed by atoms with E-state index in [9.17, 15) is 9.59 Å². The first-order chi connectivity index (χ1) is 11.6. The van der Waals surface area contributed by atoms with Crippen molar-refractivity contribution >= 4 is 11.2 Å². The molecule has 0 aliphatic heterocycles. The van der Waals surface area contributed by atoms with Crippen molar-refractivity contribution in [3.05, 3.63) is 26.7 Å². The molecule has 2 rings (SSSR count). The summed E-state index contributed by atoms with van der Waals surface area (Å²) in [6, 6.07) is 0. The third-order valence-corrected chi connectivity index (χ3v) is 4.66. The van der Waals surface area contributed by atoms with Crippen molar-refractivity contribution in [1.29, 1.82) is 0 Å². The summed E-state index contributed by atoms with van der Waals surface area (Å²) in [4.78, 5) is 31.6. The van der Waals surface area contributed by atoms with Gasteiger partial charge in [-0.15, -0.1) is 0 Å². The number of unbranched alkanes of at least 4 members (excludes halogenated alkanes) is 8. The number of hydrogen-bond acceptors (Lipinski definition) is 3. The number of aromatic amines is 1. The van der Waals surface area contributed by atoms with Gasteiger partial charge in [-0.1, -0.05) is 58.3 Å². The molecule has 0 aromatic carbocycles. The minimum atomic E-state index is -0.339. The molecule has 24 heavy (non-hydrogen) atoms. The molecule has 0 saturated carbocycles. The molecule has 0 amide bonds. The molecule has 0 fully saturated rings. The molecule has 0 spiro atoms. The molecule has 2 aromatic rings. The predicted octanol–water partition coefficient (Wildman–Crippen LogP) is 3.03. The summed E-state index contributed by atoms with van der Waals surface area (Å²) < 4.78 is 2.54. The lowest BCUT2D eigenvalue weighted by Crippen LogP contribution is -2.36. The van der Waals surface area contributed by atoms with Crippen LogP contribution in [0.25, 0.3) is 11.2 Å². The fraction of sp³-hybridized carbons (Fsp3) is 0.722. The fourth-order valence-corrected chi connectivity index (χ4v) is 3.10. The second kappa shape index (κ2) is 8.85. The average Bonchev–Trinajstić information content (AvgIpc) is 3.01. The Morgan fingerprint density at radius 2 is 1.46 bits per heavy atom. The SMILES string of the molecule is CCCCCCCCCCCc1nc2c([nH]1)c(=O)n(C)c(=O)n2C. The Morgan fingerprint density at radius 1 is 0.875 bits per heavy atom. The number of nitrogens with one attached hydrogen (secondary N) is 1. The van der Waals surface area contributed by atoms with Gasteiger partial charge in [0.2, 0.25) is 0 Å². The van der Waals surface area contributed by atoms with Gasteiger partial charge in [0.25, 0.3) is 5.56 Å². The van der Waals surface area contributed by atoms with E-state index in [1.807, 2.05) is 0 Å². The van der Waals surface area contributed by atoms with Gasteiger partial charge in [0.05, 0.1) is 0 Å². The Kier molecular flexibility index (Phi) is 6.82. The Bertz CT molecular complexity index is 770. The largest absolute Gasteiger partial charge is 0.336 e. The van der Waals surface area contributed by atoms with Crippen molar-refractivity contribution in [1.82, 2.24) is 19.1 Å². The number of imidazole rings is 1. The molecular formula is C18H30N4O2. The third kappa shape index (κ3) is 4.36. The van der Waals surface area contributed by atoms with E-state index in [2.05, 4.69) is 16.9 Å². The Labute approximate surface area is 142 Å². The molecular weight excluding hydrogens is 304 g/mol. The smallest absolute Gasteiger partial charge is 0.332 e. The molecule has 0 atom stereocenters. The van der Waals surface area contributed by atoms with E-state index in [0.717, 1.165) is 23.2 Å². The summed E-state index contributed by atoms with van der Waals surface area (Å²) in [7, 11) is 3.14. The van der Waals surface area contributed by atoms with Crippen LogP contribution in [0.5, 0.6) is 0 Å². The van der Waals surface area contributed by atoms with Gasteiger partial charge in [-0.05, 0) is 6.42 Å². The molecule has 2 heterocycles. The number of fused-ring (bicyclic) bond motifs is 1. The van der Waals surface area contributed by atoms with Gasteiger partial charge in [0.15, 0.2) is 5.65 Å². The van der Waals surface area contributed by atoms with E-state index in [1.54, 1.807) is 7.05 Å². The minimum absolute atomic E-state index is 0.307. The van der Waals surface area contributed by atoms with Gasteiger partial charge in [0.1, 0.15) is 11.3 Å². The molecule has 0 aliphatic rings. The highest BCUT2D eigenvalue weighted by Gasteiger charge is 2.12. The average molecular weight is 334 g/mol. The van der Waals surface area contributed by atoms with Gasteiger partial charge in [-0.25, -0.2) is 9.78 Å². The van der Waals surface area contributed by atoms with Gasteiger partial charge in [-0.2, -0.15) is 0 Å². The van der Waals surface area contributed by atoms with E-state index in [1.165, 1.54) is 63.0 Å². The minimum Gasteiger partial charge on any atom is -0.336 e. The molecule has 6 nitrogen and oxygen atoms in total. The standard InChI is InChI=1S/C18H30N4O2/c1-4-5-6-7-8-9-10-11-12-13-14-19-15-16(20-14)21(2)18(24)22(3)17(15)23/h4-13H2,1-3H3,(H,19,20). The van der Waals surface area contributed by atoms with Crippen molar-refractivity contribution in [3.63, 3.8) is 0 Å². The van der Waals surface area contributed by atoms with E-state index in [4.69, 9.17) is 0 Å². The van der Waals surface area contributed by atoms with Crippen molar-refractivity contribution in [2.45, 2.75) is 71.1 Å². The fourth-order valence-electron chi connectivity index (χ4n) is 3.10. The molecule has 0 unspecified atom stereocenters. The highest BCUT2D eigenvalue weighted by Crippen LogP contribution is 2.12.